The Morgan fingerprint density at radius 2 is 1.85 bits per heavy atom. The van der Waals surface area contributed by atoms with Gasteiger partial charge >= 0.3 is 0 Å². The zero-order valence-electron chi connectivity index (χ0n) is 22.0. The number of hydrogen-bond donors (Lipinski definition) is 2. The average Bonchev–Trinajstić information content (AvgIpc) is 2.90. The maximum Gasteiger partial charge on any atom is 0.283 e. The highest BCUT2D eigenvalue weighted by Gasteiger charge is 2.31. The van der Waals surface area contributed by atoms with E-state index in [4.69, 9.17) is 16.2 Å². The van der Waals surface area contributed by atoms with E-state index in [9.17, 15) is 21.6 Å². The van der Waals surface area contributed by atoms with Crippen molar-refractivity contribution in [2.75, 3.05) is 12.4 Å². The lowest BCUT2D eigenvalue weighted by molar-refractivity contribution is -0.120. The molecular formula is C27H32ClN3O6S2. The fourth-order valence-corrected chi connectivity index (χ4v) is 6.78. The summed E-state index contributed by atoms with van der Waals surface area (Å²) in [5, 5.41) is 2.43. The first-order valence-corrected chi connectivity index (χ1v) is 15.8. The van der Waals surface area contributed by atoms with Gasteiger partial charge in [0.1, 0.15) is 5.88 Å². The van der Waals surface area contributed by atoms with Gasteiger partial charge in [0.2, 0.25) is 15.9 Å². The summed E-state index contributed by atoms with van der Waals surface area (Å²) >= 11 is 6.25. The van der Waals surface area contributed by atoms with E-state index < -0.39 is 38.0 Å². The number of halogens is 1. The lowest BCUT2D eigenvalue weighted by Gasteiger charge is -2.30. The molecule has 0 saturated carbocycles. The molecule has 9 nitrogen and oxygen atoms in total. The number of pyridine rings is 1. The molecule has 0 aliphatic rings. The molecule has 1 amide bonds. The average molecular weight is 594 g/mol. The van der Waals surface area contributed by atoms with E-state index in [1.807, 2.05) is 43.5 Å². The highest BCUT2D eigenvalue weighted by atomic mass is 35.5. The monoisotopic (exact) mass is 593 g/mol. The molecule has 3 rings (SSSR count). The molecule has 0 fully saturated rings. The summed E-state index contributed by atoms with van der Waals surface area (Å²) in [5.74, 6) is -1.53. The lowest BCUT2D eigenvalue weighted by Crippen LogP contribution is -2.36. The van der Waals surface area contributed by atoms with Crippen molar-refractivity contribution in [2.45, 2.75) is 51.0 Å². The third kappa shape index (κ3) is 7.86. The fraction of sp³-hybridized carbons (Fsp3) is 0.333. The van der Waals surface area contributed by atoms with Crippen LogP contribution in [0.5, 0.6) is 0 Å². The lowest BCUT2D eigenvalue weighted by atomic mass is 9.97. The summed E-state index contributed by atoms with van der Waals surface area (Å²) in [6.45, 7) is 5.44. The quantitative estimate of drug-likeness (QED) is 0.289. The minimum absolute atomic E-state index is 0.0194. The van der Waals surface area contributed by atoms with Crippen LogP contribution in [0.25, 0.3) is 11.1 Å². The van der Waals surface area contributed by atoms with E-state index in [-0.39, 0.29) is 24.3 Å². The Labute approximate surface area is 235 Å². The van der Waals surface area contributed by atoms with Crippen molar-refractivity contribution in [3.05, 3.63) is 82.6 Å². The predicted molar refractivity (Wildman–Crippen MR) is 151 cm³/mol. The normalized spacial score (nSPS) is 12.9. The highest BCUT2D eigenvalue weighted by Crippen LogP contribution is 2.33. The summed E-state index contributed by atoms with van der Waals surface area (Å²) in [4.78, 5) is 16.4. The van der Waals surface area contributed by atoms with Gasteiger partial charge in [0.25, 0.3) is 10.1 Å². The summed E-state index contributed by atoms with van der Waals surface area (Å²) in [6, 6.07) is 13.6. The van der Waals surface area contributed by atoms with Crippen molar-refractivity contribution in [3.8, 4) is 11.1 Å². The van der Waals surface area contributed by atoms with E-state index >= 15 is 0 Å². The van der Waals surface area contributed by atoms with Gasteiger partial charge in [-0.1, -0.05) is 42.8 Å². The molecule has 1 aromatic heterocycles. The second-order valence-electron chi connectivity index (χ2n) is 9.10. The summed E-state index contributed by atoms with van der Waals surface area (Å²) in [7, 11) is -8.42. The molecule has 1 heterocycles. The Balaban J connectivity index is 1.96. The van der Waals surface area contributed by atoms with Gasteiger partial charge in [0.15, 0.2) is 0 Å². The molecule has 0 bridgehead atoms. The zero-order chi connectivity index (χ0) is 28.8. The molecular weight excluding hydrogens is 562 g/mol. The van der Waals surface area contributed by atoms with Gasteiger partial charge in [-0.25, -0.2) is 8.42 Å². The standard InChI is InChI=1S/C27H32ClN3O6S2/c1-4-21-17-29-14-13-24(21)23-9-5-8-22(16-23)20(3)31(15-7-12-27(32)30-18-38(33,34)35)39(36,37)26-11-6-10-25(28)19(26)2/h5-6,8-11,13-14,16-17,20H,4,7,12,15,18H2,1-3H3,(H,30,32)(H,33,34,35). The van der Waals surface area contributed by atoms with Gasteiger partial charge in [-0.2, -0.15) is 12.7 Å². The van der Waals surface area contributed by atoms with Crippen molar-refractivity contribution in [3.63, 3.8) is 0 Å². The molecule has 2 N–H and O–H groups in total. The Morgan fingerprint density at radius 3 is 2.54 bits per heavy atom. The number of carbonyl (C=O) groups is 1. The number of aromatic nitrogens is 1. The van der Waals surface area contributed by atoms with Crippen LogP contribution in [0.4, 0.5) is 0 Å². The second-order valence-corrected chi connectivity index (χ2v) is 12.8. The van der Waals surface area contributed by atoms with Crippen LogP contribution in [0.1, 0.15) is 49.4 Å². The van der Waals surface area contributed by atoms with Gasteiger partial charge in [-0.05, 0) is 78.8 Å². The molecule has 39 heavy (non-hydrogen) atoms. The van der Waals surface area contributed by atoms with Gasteiger partial charge in [-0.3, -0.25) is 14.3 Å². The number of hydrogen-bond acceptors (Lipinski definition) is 6. The van der Waals surface area contributed by atoms with Crippen LogP contribution >= 0.6 is 11.6 Å². The molecule has 1 unspecified atom stereocenters. The maximum atomic E-state index is 14.0. The number of benzene rings is 2. The van der Waals surface area contributed by atoms with Crippen LogP contribution in [-0.2, 0) is 31.4 Å². The number of nitrogens with one attached hydrogen (secondary N) is 1. The Kier molecular flexibility index (Phi) is 10.2. The van der Waals surface area contributed by atoms with E-state index in [2.05, 4.69) is 10.3 Å². The van der Waals surface area contributed by atoms with Crippen LogP contribution in [0.15, 0.2) is 65.8 Å². The molecule has 12 heteroatoms. The first-order chi connectivity index (χ1) is 18.3. The van der Waals surface area contributed by atoms with E-state index in [0.29, 0.717) is 10.6 Å². The molecule has 3 aromatic rings. The fourth-order valence-electron chi connectivity index (χ4n) is 4.29. The minimum Gasteiger partial charge on any atom is -0.340 e. The number of aryl methyl sites for hydroxylation is 1. The first-order valence-electron chi connectivity index (χ1n) is 12.4. The molecule has 210 valence electrons. The molecule has 0 spiro atoms. The van der Waals surface area contributed by atoms with Crippen LogP contribution in [0.2, 0.25) is 5.02 Å². The molecule has 0 radical (unpaired) electrons. The van der Waals surface area contributed by atoms with Crippen LogP contribution in [0, 0.1) is 6.92 Å². The molecule has 2 aromatic carbocycles. The molecule has 0 aliphatic heterocycles. The number of rotatable bonds is 12. The Morgan fingerprint density at radius 1 is 1.13 bits per heavy atom. The van der Waals surface area contributed by atoms with Gasteiger partial charge in [0.05, 0.1) is 4.90 Å². The first kappa shape index (κ1) is 30.7. The largest absolute Gasteiger partial charge is 0.340 e. The summed E-state index contributed by atoms with van der Waals surface area (Å²) in [6.07, 6.45) is 4.30. The van der Waals surface area contributed by atoms with Crippen LogP contribution < -0.4 is 5.32 Å². The number of sulfonamides is 1. The zero-order valence-corrected chi connectivity index (χ0v) is 24.4. The van der Waals surface area contributed by atoms with Crippen molar-refractivity contribution >= 4 is 37.6 Å². The number of carbonyl (C=O) groups excluding carboxylic acids is 1. The number of amides is 1. The SMILES string of the molecule is CCc1cnccc1-c1cccc(C(C)N(CCCC(=O)NCS(=O)(=O)O)S(=O)(=O)c2cccc(Cl)c2C)c1. The van der Waals surface area contributed by atoms with Gasteiger partial charge < -0.3 is 5.32 Å². The van der Waals surface area contributed by atoms with Crippen LogP contribution in [-0.4, -0.2) is 49.0 Å². The maximum absolute atomic E-state index is 14.0. The third-order valence-electron chi connectivity index (χ3n) is 6.44. The molecule has 0 aliphatic carbocycles. The molecule has 0 saturated heterocycles. The van der Waals surface area contributed by atoms with E-state index in [1.54, 1.807) is 32.2 Å². The Bertz CT molecular complexity index is 1540. The molecule has 1 atom stereocenters. The predicted octanol–water partition coefficient (Wildman–Crippen LogP) is 4.77. The van der Waals surface area contributed by atoms with Crippen molar-refractivity contribution in [1.29, 1.82) is 0 Å². The van der Waals surface area contributed by atoms with Gasteiger partial charge in [0, 0.05) is 36.4 Å². The summed E-state index contributed by atoms with van der Waals surface area (Å²) < 4.78 is 59.9. The second kappa shape index (κ2) is 13.0. The third-order valence-corrected chi connectivity index (χ3v) is 9.47. The number of nitrogens with zero attached hydrogens (tertiary/aromatic N) is 2. The van der Waals surface area contributed by atoms with Crippen molar-refractivity contribution in [1.82, 2.24) is 14.6 Å². The highest BCUT2D eigenvalue weighted by molar-refractivity contribution is 7.89. The van der Waals surface area contributed by atoms with Crippen molar-refractivity contribution in [2.24, 2.45) is 0 Å². The topological polar surface area (TPSA) is 134 Å². The Hall–Kier alpha value is -2.83. The van der Waals surface area contributed by atoms with Crippen LogP contribution in [0.3, 0.4) is 0 Å². The van der Waals surface area contributed by atoms with Gasteiger partial charge in [-0.15, -0.1) is 0 Å². The van der Waals surface area contributed by atoms with E-state index in [1.165, 1.54) is 10.4 Å². The van der Waals surface area contributed by atoms with Crippen molar-refractivity contribution < 1.29 is 26.2 Å². The van der Waals surface area contributed by atoms with E-state index in [0.717, 1.165) is 28.7 Å². The smallest absolute Gasteiger partial charge is 0.283 e. The summed E-state index contributed by atoms with van der Waals surface area (Å²) in [5.41, 5.74) is 4.18. The minimum atomic E-state index is -4.36.